The smallest absolute Gasteiger partial charge is 0.253 e. The predicted molar refractivity (Wildman–Crippen MR) is 124 cm³/mol. The molecule has 3 rings (SSSR count). The number of benzene rings is 2. The van der Waals surface area contributed by atoms with Gasteiger partial charge in [-0.15, -0.1) is 0 Å². The lowest BCUT2D eigenvalue weighted by molar-refractivity contribution is 0.0697. The minimum absolute atomic E-state index is 0.0700. The van der Waals surface area contributed by atoms with Gasteiger partial charge >= 0.3 is 0 Å². The third-order valence-corrected chi connectivity index (χ3v) is 8.07. The van der Waals surface area contributed by atoms with Crippen molar-refractivity contribution < 1.29 is 18.0 Å². The first-order valence-corrected chi connectivity index (χ1v) is 12.1. The van der Waals surface area contributed by atoms with Crippen molar-refractivity contribution in [1.82, 2.24) is 9.21 Å². The number of hydrogen-bond acceptors (Lipinski definition) is 4. The average molecular weight is 458 g/mol. The minimum Gasteiger partial charge on any atom is -0.366 e. The molecule has 2 amide bonds. The molecule has 8 heteroatoms. The molecule has 1 aliphatic rings. The SMILES string of the molecule is Cc1cc(C(C)(C)C)cc(C)c1S(=O)(=O)N1CCN(C(=O)c2ccc(C(N)=O)cc2)CC1. The number of carbonyl (C=O) groups is 2. The van der Waals surface area contributed by atoms with Crippen LogP contribution in [0.2, 0.25) is 0 Å². The van der Waals surface area contributed by atoms with Gasteiger partial charge in [-0.1, -0.05) is 32.9 Å². The maximum atomic E-state index is 13.4. The molecule has 0 spiro atoms. The topological polar surface area (TPSA) is 101 Å². The minimum atomic E-state index is -3.67. The van der Waals surface area contributed by atoms with Gasteiger partial charge in [-0.3, -0.25) is 9.59 Å². The molecule has 2 aromatic rings. The van der Waals surface area contributed by atoms with Crippen molar-refractivity contribution in [3.8, 4) is 0 Å². The summed E-state index contributed by atoms with van der Waals surface area (Å²) in [5, 5.41) is 0. The summed E-state index contributed by atoms with van der Waals surface area (Å²) in [5.74, 6) is -0.746. The summed E-state index contributed by atoms with van der Waals surface area (Å²) in [6, 6.07) is 10.1. The highest BCUT2D eigenvalue weighted by atomic mass is 32.2. The zero-order valence-electron chi connectivity index (χ0n) is 19.3. The number of sulfonamides is 1. The van der Waals surface area contributed by atoms with Crippen molar-refractivity contribution in [2.75, 3.05) is 26.2 Å². The molecule has 0 unspecified atom stereocenters. The molecule has 1 saturated heterocycles. The molecular formula is C24H31N3O4S. The van der Waals surface area contributed by atoms with E-state index in [4.69, 9.17) is 5.73 Å². The van der Waals surface area contributed by atoms with E-state index in [0.717, 1.165) is 16.7 Å². The van der Waals surface area contributed by atoms with Crippen LogP contribution in [0.4, 0.5) is 0 Å². The summed E-state index contributed by atoms with van der Waals surface area (Å²) in [5.41, 5.74) is 8.52. The van der Waals surface area contributed by atoms with Gasteiger partial charge in [0.25, 0.3) is 5.91 Å². The Balaban J connectivity index is 1.76. The number of nitrogens with two attached hydrogens (primary N) is 1. The lowest BCUT2D eigenvalue weighted by atomic mass is 9.85. The zero-order valence-corrected chi connectivity index (χ0v) is 20.1. The molecule has 0 bridgehead atoms. The van der Waals surface area contributed by atoms with Crippen molar-refractivity contribution in [3.05, 3.63) is 64.2 Å². The van der Waals surface area contributed by atoms with Gasteiger partial charge in [0, 0.05) is 37.3 Å². The fraction of sp³-hybridized carbons (Fsp3) is 0.417. The molecule has 172 valence electrons. The van der Waals surface area contributed by atoms with Crippen molar-refractivity contribution >= 4 is 21.8 Å². The summed E-state index contributed by atoms with van der Waals surface area (Å²) in [4.78, 5) is 26.0. The van der Waals surface area contributed by atoms with Crippen LogP contribution >= 0.6 is 0 Å². The summed E-state index contributed by atoms with van der Waals surface area (Å²) < 4.78 is 28.3. The van der Waals surface area contributed by atoms with Crippen molar-refractivity contribution in [2.45, 2.75) is 44.9 Å². The first kappa shape index (κ1) is 23.9. The predicted octanol–water partition coefficient (Wildman–Crippen LogP) is 2.85. The molecule has 0 atom stereocenters. The maximum absolute atomic E-state index is 13.4. The van der Waals surface area contributed by atoms with Crippen molar-refractivity contribution in [3.63, 3.8) is 0 Å². The number of piperazine rings is 1. The lowest BCUT2D eigenvalue weighted by Gasteiger charge is -2.35. The van der Waals surface area contributed by atoms with E-state index in [1.54, 1.807) is 17.0 Å². The molecule has 7 nitrogen and oxygen atoms in total. The van der Waals surface area contributed by atoms with E-state index < -0.39 is 15.9 Å². The van der Waals surface area contributed by atoms with Gasteiger partial charge in [0.2, 0.25) is 15.9 Å². The number of amides is 2. The summed E-state index contributed by atoms with van der Waals surface area (Å²) in [6.07, 6.45) is 0. The Kier molecular flexibility index (Phi) is 6.49. The van der Waals surface area contributed by atoms with E-state index in [2.05, 4.69) is 20.8 Å². The highest BCUT2D eigenvalue weighted by Crippen LogP contribution is 2.31. The third-order valence-electron chi connectivity index (χ3n) is 5.87. The lowest BCUT2D eigenvalue weighted by Crippen LogP contribution is -2.50. The van der Waals surface area contributed by atoms with Crippen LogP contribution in [0.15, 0.2) is 41.3 Å². The van der Waals surface area contributed by atoms with Crippen LogP contribution in [0.3, 0.4) is 0 Å². The number of nitrogens with zero attached hydrogens (tertiary/aromatic N) is 2. The normalized spacial score (nSPS) is 15.6. The van der Waals surface area contributed by atoms with E-state index in [9.17, 15) is 18.0 Å². The molecule has 2 aromatic carbocycles. The summed E-state index contributed by atoms with van der Waals surface area (Å²) in [7, 11) is -3.67. The van der Waals surface area contributed by atoms with Crippen molar-refractivity contribution in [2.24, 2.45) is 5.73 Å². The maximum Gasteiger partial charge on any atom is 0.253 e. The van der Waals surface area contributed by atoms with E-state index >= 15 is 0 Å². The molecule has 1 fully saturated rings. The second kappa shape index (κ2) is 8.67. The molecule has 1 aliphatic heterocycles. The van der Waals surface area contributed by atoms with Crippen molar-refractivity contribution in [1.29, 1.82) is 0 Å². The number of rotatable bonds is 4. The van der Waals surface area contributed by atoms with Crippen LogP contribution in [-0.4, -0.2) is 55.6 Å². The van der Waals surface area contributed by atoms with E-state index in [-0.39, 0.29) is 24.4 Å². The van der Waals surface area contributed by atoms with Crippen LogP contribution in [0.1, 0.15) is 58.2 Å². The van der Waals surface area contributed by atoms with Crippen LogP contribution in [0.5, 0.6) is 0 Å². The Labute approximate surface area is 190 Å². The number of aryl methyl sites for hydroxylation is 2. The Morgan fingerprint density at radius 2 is 1.34 bits per heavy atom. The van der Waals surface area contributed by atoms with Crippen LogP contribution in [-0.2, 0) is 15.4 Å². The molecule has 1 heterocycles. The fourth-order valence-corrected chi connectivity index (χ4v) is 5.84. The number of hydrogen-bond donors (Lipinski definition) is 1. The molecule has 0 radical (unpaired) electrons. The van der Waals surface area contributed by atoms with Gasteiger partial charge in [-0.25, -0.2) is 8.42 Å². The first-order valence-electron chi connectivity index (χ1n) is 10.6. The molecule has 0 aromatic heterocycles. The Morgan fingerprint density at radius 3 is 1.78 bits per heavy atom. The average Bonchev–Trinajstić information content (AvgIpc) is 2.72. The first-order chi connectivity index (χ1) is 14.8. The largest absolute Gasteiger partial charge is 0.366 e. The highest BCUT2D eigenvalue weighted by molar-refractivity contribution is 7.89. The van der Waals surface area contributed by atoms with Gasteiger partial charge in [-0.2, -0.15) is 4.31 Å². The fourth-order valence-electron chi connectivity index (χ4n) is 4.01. The summed E-state index contributed by atoms with van der Waals surface area (Å²) >= 11 is 0. The Bertz CT molecular complexity index is 1120. The second-order valence-corrected chi connectivity index (χ2v) is 11.2. The molecule has 0 aliphatic carbocycles. The van der Waals surface area contributed by atoms with Gasteiger partial charge in [0.1, 0.15) is 0 Å². The van der Waals surface area contributed by atoms with Crippen LogP contribution in [0.25, 0.3) is 0 Å². The van der Waals surface area contributed by atoms with Crippen LogP contribution < -0.4 is 5.73 Å². The molecular weight excluding hydrogens is 426 g/mol. The van der Waals surface area contributed by atoms with E-state index in [1.165, 1.54) is 16.4 Å². The van der Waals surface area contributed by atoms with Gasteiger partial charge in [0.15, 0.2) is 0 Å². The Hall–Kier alpha value is -2.71. The zero-order chi connectivity index (χ0) is 23.8. The molecule has 32 heavy (non-hydrogen) atoms. The monoisotopic (exact) mass is 457 g/mol. The van der Waals surface area contributed by atoms with Gasteiger partial charge < -0.3 is 10.6 Å². The van der Waals surface area contributed by atoms with Gasteiger partial charge in [-0.05, 0) is 60.2 Å². The Morgan fingerprint density at radius 1 is 0.875 bits per heavy atom. The third kappa shape index (κ3) is 4.71. The second-order valence-electron chi connectivity index (χ2n) is 9.33. The number of primary amides is 1. The molecule has 2 N–H and O–H groups in total. The van der Waals surface area contributed by atoms with Crippen LogP contribution in [0, 0.1) is 13.8 Å². The number of carbonyl (C=O) groups excluding carboxylic acids is 2. The molecule has 0 saturated carbocycles. The quantitative estimate of drug-likeness (QED) is 0.763. The summed E-state index contributed by atoms with van der Waals surface area (Å²) in [6.45, 7) is 11.0. The highest BCUT2D eigenvalue weighted by Gasteiger charge is 2.33. The van der Waals surface area contributed by atoms with E-state index in [1.807, 2.05) is 26.0 Å². The van der Waals surface area contributed by atoms with E-state index in [0.29, 0.717) is 29.1 Å². The van der Waals surface area contributed by atoms with Gasteiger partial charge in [0.05, 0.1) is 4.90 Å². The standard InChI is InChI=1S/C24H31N3O4S/c1-16-14-20(24(3,4)5)15-17(2)21(16)32(30,31)27-12-10-26(11-13-27)23(29)19-8-6-18(7-9-19)22(25)28/h6-9,14-15H,10-13H2,1-5H3,(H2,25,28).